The van der Waals surface area contributed by atoms with E-state index in [9.17, 15) is 8.42 Å². The highest BCUT2D eigenvalue weighted by Gasteiger charge is 2.21. The van der Waals surface area contributed by atoms with Crippen LogP contribution in [-0.4, -0.2) is 37.9 Å². The molecule has 1 aromatic rings. The molecule has 0 aromatic heterocycles. The Bertz CT molecular complexity index is 502. The highest BCUT2D eigenvalue weighted by Crippen LogP contribution is 2.20. The van der Waals surface area contributed by atoms with E-state index in [1.807, 2.05) is 12.1 Å². The normalized spacial score (nSPS) is 20.3. The molecule has 17 heavy (non-hydrogen) atoms. The predicted molar refractivity (Wildman–Crippen MR) is 69.8 cm³/mol. The summed E-state index contributed by atoms with van der Waals surface area (Å²) in [5.41, 5.74) is 7.35. The lowest BCUT2D eigenvalue weighted by atomic mass is 10.2. The fraction of sp³-hybridized carbons (Fsp3) is 0.455. The van der Waals surface area contributed by atoms with Crippen molar-refractivity contribution in [3.8, 4) is 0 Å². The second-order valence-corrected chi connectivity index (χ2v) is 6.99. The zero-order valence-electron chi connectivity index (χ0n) is 9.39. The molecule has 1 aliphatic heterocycles. The number of hydrogen-bond acceptors (Lipinski definition) is 4. The van der Waals surface area contributed by atoms with Gasteiger partial charge in [-0.1, -0.05) is 17.7 Å². The molecule has 1 heterocycles. The minimum atomic E-state index is -2.81. The van der Waals surface area contributed by atoms with E-state index in [2.05, 4.69) is 4.90 Å². The molecule has 1 aliphatic rings. The van der Waals surface area contributed by atoms with E-state index in [1.165, 1.54) is 0 Å². The molecule has 0 unspecified atom stereocenters. The lowest BCUT2D eigenvalue weighted by Gasteiger charge is -2.26. The lowest BCUT2D eigenvalue weighted by molar-refractivity contribution is 0.288. The van der Waals surface area contributed by atoms with Gasteiger partial charge >= 0.3 is 0 Å². The molecule has 0 aliphatic carbocycles. The zero-order chi connectivity index (χ0) is 12.5. The summed E-state index contributed by atoms with van der Waals surface area (Å²) in [7, 11) is -2.81. The molecule has 2 rings (SSSR count). The van der Waals surface area contributed by atoms with E-state index in [0.717, 1.165) is 12.1 Å². The Balaban J connectivity index is 2.00. The number of rotatable bonds is 2. The second kappa shape index (κ2) is 4.84. The Hall–Kier alpha value is -0.780. The minimum absolute atomic E-state index is 0.246. The van der Waals surface area contributed by atoms with Crippen molar-refractivity contribution >= 4 is 27.1 Å². The summed E-state index contributed by atoms with van der Waals surface area (Å²) in [6.45, 7) is 1.90. The van der Waals surface area contributed by atoms with Gasteiger partial charge in [0.15, 0.2) is 9.84 Å². The number of nitrogens with zero attached hydrogens (tertiary/aromatic N) is 1. The lowest BCUT2D eigenvalue weighted by Crippen LogP contribution is -2.39. The molecule has 4 nitrogen and oxygen atoms in total. The number of anilines is 1. The molecular weight excluding hydrogens is 260 g/mol. The van der Waals surface area contributed by atoms with Crippen molar-refractivity contribution in [3.63, 3.8) is 0 Å². The van der Waals surface area contributed by atoms with Gasteiger partial charge in [0.25, 0.3) is 0 Å². The second-order valence-electron chi connectivity index (χ2n) is 4.28. The molecule has 0 radical (unpaired) electrons. The fourth-order valence-electron chi connectivity index (χ4n) is 1.86. The van der Waals surface area contributed by atoms with Gasteiger partial charge in [-0.3, -0.25) is 4.90 Å². The largest absolute Gasteiger partial charge is 0.398 e. The molecule has 6 heteroatoms. The molecule has 1 saturated heterocycles. The van der Waals surface area contributed by atoms with Gasteiger partial charge in [-0.25, -0.2) is 8.42 Å². The van der Waals surface area contributed by atoms with Gasteiger partial charge in [0, 0.05) is 19.6 Å². The topological polar surface area (TPSA) is 63.4 Å². The molecule has 0 amide bonds. The Morgan fingerprint density at radius 2 is 1.94 bits per heavy atom. The molecule has 0 saturated carbocycles. The zero-order valence-corrected chi connectivity index (χ0v) is 11.0. The molecular formula is C11H15ClN2O2S. The molecule has 1 fully saturated rings. The maximum absolute atomic E-state index is 11.3. The Morgan fingerprint density at radius 3 is 2.53 bits per heavy atom. The summed E-state index contributed by atoms with van der Waals surface area (Å²) < 4.78 is 22.6. The van der Waals surface area contributed by atoms with Crippen LogP contribution in [0.4, 0.5) is 5.69 Å². The summed E-state index contributed by atoms with van der Waals surface area (Å²) in [5, 5.41) is 0.551. The number of benzene rings is 1. The predicted octanol–water partition coefficient (Wildman–Crippen LogP) is 1.15. The average molecular weight is 275 g/mol. The third-order valence-corrected chi connectivity index (χ3v) is 4.86. The monoisotopic (exact) mass is 274 g/mol. The summed E-state index contributed by atoms with van der Waals surface area (Å²) in [6, 6.07) is 5.53. The van der Waals surface area contributed by atoms with Crippen LogP contribution in [0.5, 0.6) is 0 Å². The summed E-state index contributed by atoms with van der Waals surface area (Å²) in [4.78, 5) is 2.11. The molecule has 0 atom stereocenters. The Morgan fingerprint density at radius 1 is 1.29 bits per heavy atom. The quantitative estimate of drug-likeness (QED) is 0.822. The van der Waals surface area contributed by atoms with E-state index in [0.29, 0.717) is 23.8 Å². The van der Waals surface area contributed by atoms with Crippen LogP contribution in [-0.2, 0) is 16.4 Å². The van der Waals surface area contributed by atoms with Gasteiger partial charge in [-0.15, -0.1) is 0 Å². The summed E-state index contributed by atoms with van der Waals surface area (Å²) in [6.07, 6.45) is 0. The van der Waals surface area contributed by atoms with Gasteiger partial charge in [0.1, 0.15) is 0 Å². The van der Waals surface area contributed by atoms with E-state index in [1.54, 1.807) is 6.07 Å². The van der Waals surface area contributed by atoms with Crippen LogP contribution in [0, 0.1) is 0 Å². The molecule has 94 valence electrons. The average Bonchev–Trinajstić information content (AvgIpc) is 2.27. The van der Waals surface area contributed by atoms with Crippen molar-refractivity contribution in [2.24, 2.45) is 0 Å². The fourth-order valence-corrected chi connectivity index (χ4v) is 3.25. The van der Waals surface area contributed by atoms with E-state index in [4.69, 9.17) is 17.3 Å². The van der Waals surface area contributed by atoms with Gasteiger partial charge in [0.05, 0.1) is 22.2 Å². The molecule has 2 N–H and O–H groups in total. The van der Waals surface area contributed by atoms with Crippen LogP contribution in [0.15, 0.2) is 18.2 Å². The van der Waals surface area contributed by atoms with Gasteiger partial charge in [-0.2, -0.15) is 0 Å². The standard InChI is InChI=1S/C11H15ClN2O2S/c12-10-2-1-9(7-11(10)13)8-14-3-5-17(15,16)6-4-14/h1-2,7H,3-6,8,13H2. The molecule has 0 bridgehead atoms. The smallest absolute Gasteiger partial charge is 0.152 e. The number of nitrogen functional groups attached to an aromatic ring is 1. The van der Waals surface area contributed by atoms with Crippen molar-refractivity contribution in [2.75, 3.05) is 30.3 Å². The first-order valence-corrected chi connectivity index (χ1v) is 7.63. The first-order chi connectivity index (χ1) is 7.96. The first kappa shape index (κ1) is 12.7. The SMILES string of the molecule is Nc1cc(CN2CCS(=O)(=O)CC2)ccc1Cl. The van der Waals surface area contributed by atoms with Crippen molar-refractivity contribution < 1.29 is 8.42 Å². The Labute approximate surface area is 106 Å². The van der Waals surface area contributed by atoms with E-state index >= 15 is 0 Å². The van der Waals surface area contributed by atoms with Crippen LogP contribution in [0.2, 0.25) is 5.02 Å². The van der Waals surface area contributed by atoms with E-state index < -0.39 is 9.84 Å². The molecule has 1 aromatic carbocycles. The van der Waals surface area contributed by atoms with Gasteiger partial charge < -0.3 is 5.73 Å². The number of hydrogen-bond donors (Lipinski definition) is 1. The first-order valence-electron chi connectivity index (χ1n) is 5.43. The Kier molecular flexibility index (Phi) is 3.61. The maximum atomic E-state index is 11.3. The van der Waals surface area contributed by atoms with Crippen LogP contribution in [0.3, 0.4) is 0 Å². The maximum Gasteiger partial charge on any atom is 0.152 e. The third-order valence-electron chi connectivity index (χ3n) is 2.90. The third kappa shape index (κ3) is 3.34. The van der Waals surface area contributed by atoms with Crippen LogP contribution < -0.4 is 5.73 Å². The van der Waals surface area contributed by atoms with Gasteiger partial charge in [-0.05, 0) is 17.7 Å². The van der Waals surface area contributed by atoms with Crippen molar-refractivity contribution in [3.05, 3.63) is 28.8 Å². The highest BCUT2D eigenvalue weighted by atomic mass is 35.5. The summed E-state index contributed by atoms with van der Waals surface area (Å²) >= 11 is 5.84. The highest BCUT2D eigenvalue weighted by molar-refractivity contribution is 7.91. The van der Waals surface area contributed by atoms with Crippen molar-refractivity contribution in [2.45, 2.75) is 6.54 Å². The van der Waals surface area contributed by atoms with Crippen molar-refractivity contribution in [1.29, 1.82) is 0 Å². The van der Waals surface area contributed by atoms with E-state index in [-0.39, 0.29) is 11.5 Å². The summed E-state index contributed by atoms with van der Waals surface area (Å²) in [5.74, 6) is 0.492. The van der Waals surface area contributed by atoms with Crippen LogP contribution >= 0.6 is 11.6 Å². The van der Waals surface area contributed by atoms with Crippen LogP contribution in [0.25, 0.3) is 0 Å². The number of sulfone groups is 1. The van der Waals surface area contributed by atoms with Crippen LogP contribution in [0.1, 0.15) is 5.56 Å². The van der Waals surface area contributed by atoms with Crippen molar-refractivity contribution in [1.82, 2.24) is 4.90 Å². The molecule has 0 spiro atoms. The van der Waals surface area contributed by atoms with Gasteiger partial charge in [0.2, 0.25) is 0 Å². The number of nitrogens with two attached hydrogens (primary N) is 1. The number of halogens is 1. The minimum Gasteiger partial charge on any atom is -0.398 e.